The molecule has 120 valence electrons. The number of rotatable bonds is 8. The molecule has 0 aromatic heterocycles. The average Bonchev–Trinajstić information content (AvgIpc) is 2.39. The molecule has 21 heavy (non-hydrogen) atoms. The molecule has 2 amide bonds. The topological polar surface area (TPSA) is 70.2 Å². The Balaban J connectivity index is 2.45. The third-order valence-corrected chi connectivity index (χ3v) is 4.84. The van der Waals surface area contributed by atoms with Gasteiger partial charge in [0.1, 0.15) is 6.04 Å². The molecule has 1 aliphatic rings. The van der Waals surface area contributed by atoms with E-state index in [0.29, 0.717) is 6.71 Å². The molecule has 0 aromatic carbocycles. The van der Waals surface area contributed by atoms with Gasteiger partial charge in [-0.05, 0) is 26.2 Å². The second kappa shape index (κ2) is 8.74. The maximum absolute atomic E-state index is 12.2. The fourth-order valence-electron chi connectivity index (χ4n) is 2.37. The Bertz CT molecular complexity index is 364. The summed E-state index contributed by atoms with van der Waals surface area (Å²) in [6.45, 7) is 8.15. The number of carbonyl (C=O) groups excluding carboxylic acids is 2. The van der Waals surface area contributed by atoms with Gasteiger partial charge in [0.05, 0.1) is 6.04 Å². The summed E-state index contributed by atoms with van der Waals surface area (Å²) in [7, 11) is 2.31. The van der Waals surface area contributed by atoms with Gasteiger partial charge < -0.3 is 10.6 Å². The van der Waals surface area contributed by atoms with E-state index in [4.69, 9.17) is 0 Å². The molecule has 0 radical (unpaired) electrons. The van der Waals surface area contributed by atoms with E-state index in [0.717, 1.165) is 12.3 Å². The maximum atomic E-state index is 12.2. The van der Waals surface area contributed by atoms with Gasteiger partial charge in [-0.25, -0.2) is 0 Å². The molecule has 0 heterocycles. The normalized spacial score (nSPS) is 19.1. The molecule has 1 saturated carbocycles. The minimum atomic E-state index is -0.513. The van der Waals surface area contributed by atoms with Crippen molar-refractivity contribution in [3.05, 3.63) is 0 Å². The molecule has 0 spiro atoms. The first-order valence-electron chi connectivity index (χ1n) is 7.92. The van der Waals surface area contributed by atoms with E-state index in [9.17, 15) is 9.59 Å². The Morgan fingerprint density at radius 1 is 1.14 bits per heavy atom. The van der Waals surface area contributed by atoms with Gasteiger partial charge in [-0.15, -0.1) is 0 Å². The van der Waals surface area contributed by atoms with Crippen molar-refractivity contribution in [3.8, 4) is 0 Å². The molecule has 0 aliphatic heterocycles. The second-order valence-electron chi connectivity index (χ2n) is 6.51. The van der Waals surface area contributed by atoms with Crippen molar-refractivity contribution in [2.75, 3.05) is 0 Å². The van der Waals surface area contributed by atoms with Crippen molar-refractivity contribution >= 4 is 27.9 Å². The van der Waals surface area contributed by atoms with Gasteiger partial charge in [-0.3, -0.25) is 14.7 Å². The third-order valence-electron chi connectivity index (χ3n) is 4.34. The van der Waals surface area contributed by atoms with Crippen LogP contribution in [0, 0.1) is 5.92 Å². The first kappa shape index (κ1) is 18.4. The summed E-state index contributed by atoms with van der Waals surface area (Å²) in [5.41, 5.74) is 0. The first-order valence-corrected chi connectivity index (χ1v) is 8.49. The van der Waals surface area contributed by atoms with Crippen LogP contribution in [0.4, 0.5) is 0 Å². The lowest BCUT2D eigenvalue weighted by molar-refractivity contribution is -0.129. The van der Waals surface area contributed by atoms with Crippen molar-refractivity contribution in [2.45, 2.75) is 71.2 Å². The van der Waals surface area contributed by atoms with Crippen LogP contribution in [0.25, 0.3) is 0 Å². The highest BCUT2D eigenvalue weighted by Gasteiger charge is 2.28. The van der Waals surface area contributed by atoms with Crippen LogP contribution < -0.4 is 15.7 Å². The molecule has 0 bridgehead atoms. The van der Waals surface area contributed by atoms with Crippen LogP contribution in [0.1, 0.15) is 39.5 Å². The predicted octanol–water partition coefficient (Wildman–Crippen LogP) is 1.23. The zero-order valence-electron chi connectivity index (χ0n) is 13.6. The number of nitrogens with one attached hydrogen (secondary N) is 3. The molecule has 0 saturated heterocycles. The maximum Gasteiger partial charge on any atom is 0.241 e. The highest BCUT2D eigenvalue weighted by atomic mass is 31.0. The molecule has 1 rings (SSSR count). The summed E-state index contributed by atoms with van der Waals surface area (Å²) in [5, 5.41) is 8.61. The smallest absolute Gasteiger partial charge is 0.241 e. The highest BCUT2D eigenvalue weighted by Crippen LogP contribution is 2.30. The Kier molecular flexibility index (Phi) is 7.68. The molecule has 1 aliphatic carbocycles. The van der Waals surface area contributed by atoms with Crippen LogP contribution >= 0.6 is 9.39 Å². The van der Waals surface area contributed by atoms with E-state index in [-0.39, 0.29) is 23.8 Å². The van der Waals surface area contributed by atoms with E-state index in [2.05, 4.69) is 38.8 Å². The van der Waals surface area contributed by atoms with E-state index in [1.807, 2.05) is 0 Å². The van der Waals surface area contributed by atoms with E-state index in [1.165, 1.54) is 19.3 Å². The lowest BCUT2D eigenvalue weighted by Gasteiger charge is -2.32. The Morgan fingerprint density at radius 3 is 2.14 bits per heavy atom. The molecule has 4 unspecified atom stereocenters. The number of amides is 2. The van der Waals surface area contributed by atoms with Gasteiger partial charge in [0.2, 0.25) is 11.8 Å². The summed E-state index contributed by atoms with van der Waals surface area (Å²) < 4.78 is 0. The quantitative estimate of drug-likeness (QED) is 0.466. The first-order chi connectivity index (χ1) is 9.85. The zero-order valence-corrected chi connectivity index (χ0v) is 14.8. The Morgan fingerprint density at radius 2 is 1.71 bits per heavy atom. The fraction of sp³-hybridized carbons (Fsp3) is 0.857. The predicted molar refractivity (Wildman–Crippen MR) is 91.3 cm³/mol. The van der Waals surface area contributed by atoms with Gasteiger partial charge in [0.25, 0.3) is 0 Å². The van der Waals surface area contributed by atoms with Crippen LogP contribution in [0.3, 0.4) is 0 Å². The van der Waals surface area contributed by atoms with Crippen molar-refractivity contribution in [1.82, 2.24) is 15.7 Å². The van der Waals surface area contributed by atoms with Crippen LogP contribution in [0.5, 0.6) is 0 Å². The van der Waals surface area contributed by atoms with Gasteiger partial charge in [0, 0.05) is 5.94 Å². The van der Waals surface area contributed by atoms with Crippen molar-refractivity contribution < 1.29 is 9.59 Å². The van der Waals surface area contributed by atoms with Crippen LogP contribution in [-0.4, -0.2) is 36.6 Å². The van der Waals surface area contributed by atoms with Gasteiger partial charge in [-0.1, -0.05) is 42.3 Å². The Labute approximate surface area is 131 Å². The van der Waals surface area contributed by atoms with Crippen molar-refractivity contribution in [2.24, 2.45) is 5.92 Å². The van der Waals surface area contributed by atoms with Crippen LogP contribution in [0.15, 0.2) is 0 Å². The fourth-order valence-corrected chi connectivity index (χ4v) is 2.52. The standard InChI is InChI=1S/C14H29BN3O2P/c1-9(16-14(20)10(2)18-21)13(19)17-12(15(3)4)8-11-6-5-7-11/h9-12,18H,5-8,21H2,1-4H3,(H,16,20)(H,17,19). The summed E-state index contributed by atoms with van der Waals surface area (Å²) >= 11 is 0. The highest BCUT2D eigenvalue weighted by molar-refractivity contribution is 7.13. The van der Waals surface area contributed by atoms with Gasteiger partial charge in [-0.2, -0.15) is 0 Å². The number of hydrogen-bond acceptors (Lipinski definition) is 3. The molecule has 0 aromatic rings. The molecule has 7 heteroatoms. The average molecular weight is 313 g/mol. The lowest BCUT2D eigenvalue weighted by Crippen LogP contribution is -2.54. The zero-order chi connectivity index (χ0) is 16.0. The van der Waals surface area contributed by atoms with E-state index in [1.54, 1.807) is 13.8 Å². The number of hydrogen-bond donors (Lipinski definition) is 3. The third kappa shape index (κ3) is 5.95. The number of carbonyl (C=O) groups is 2. The second-order valence-corrected chi connectivity index (χ2v) is 6.84. The van der Waals surface area contributed by atoms with Crippen LogP contribution in [0.2, 0.25) is 13.6 Å². The summed E-state index contributed by atoms with van der Waals surface area (Å²) in [4.78, 5) is 24.0. The summed E-state index contributed by atoms with van der Waals surface area (Å²) in [6.07, 6.45) is 4.93. The van der Waals surface area contributed by atoms with E-state index >= 15 is 0 Å². The van der Waals surface area contributed by atoms with Crippen molar-refractivity contribution in [1.29, 1.82) is 0 Å². The van der Waals surface area contributed by atoms with Crippen molar-refractivity contribution in [3.63, 3.8) is 0 Å². The Hall–Kier alpha value is -0.605. The lowest BCUT2D eigenvalue weighted by atomic mass is 9.46. The summed E-state index contributed by atoms with van der Waals surface area (Å²) in [6, 6.07) is -0.845. The van der Waals surface area contributed by atoms with Gasteiger partial charge >= 0.3 is 0 Å². The molecule has 1 fully saturated rings. The monoisotopic (exact) mass is 313 g/mol. The molecule has 3 N–H and O–H groups in total. The largest absolute Gasteiger partial charge is 0.359 e. The molecular formula is C14H29BN3O2P. The van der Waals surface area contributed by atoms with Crippen LogP contribution in [-0.2, 0) is 9.59 Å². The molecule has 4 atom stereocenters. The van der Waals surface area contributed by atoms with E-state index < -0.39 is 6.04 Å². The SMILES string of the molecule is CB(C)C(CC1CCC1)NC(=O)C(C)NC(=O)C(C)NP. The minimum Gasteiger partial charge on any atom is -0.359 e. The minimum absolute atomic E-state index is 0.0997. The van der Waals surface area contributed by atoms with Gasteiger partial charge in [0.15, 0.2) is 6.71 Å². The molecule has 5 nitrogen and oxygen atoms in total. The molecular weight excluding hydrogens is 284 g/mol. The summed E-state index contributed by atoms with van der Waals surface area (Å²) in [5.74, 6) is 0.674.